The SMILES string of the molecule is CCCNC(=O)[C@@H]1[C@H](c2ccc(NC(=O)C(C)C)cc2)OC(=O)N1Cc1ccc(F)cc1. The van der Waals surface area contributed by atoms with Crippen molar-refractivity contribution in [1.29, 1.82) is 0 Å². The van der Waals surface area contributed by atoms with Gasteiger partial charge in [-0.2, -0.15) is 0 Å². The van der Waals surface area contributed by atoms with Crippen molar-refractivity contribution in [1.82, 2.24) is 10.2 Å². The van der Waals surface area contributed by atoms with Crippen LogP contribution in [0.25, 0.3) is 0 Å². The lowest BCUT2D eigenvalue weighted by Crippen LogP contribution is -2.46. The summed E-state index contributed by atoms with van der Waals surface area (Å²) in [7, 11) is 0. The molecule has 8 heteroatoms. The highest BCUT2D eigenvalue weighted by atomic mass is 19.1. The van der Waals surface area contributed by atoms with Crippen molar-refractivity contribution < 1.29 is 23.5 Å². The highest BCUT2D eigenvalue weighted by Crippen LogP contribution is 2.34. The quantitative estimate of drug-likeness (QED) is 0.648. The second kappa shape index (κ2) is 10.3. The van der Waals surface area contributed by atoms with Crippen LogP contribution in [0.1, 0.15) is 44.4 Å². The van der Waals surface area contributed by atoms with E-state index in [4.69, 9.17) is 4.74 Å². The van der Waals surface area contributed by atoms with Gasteiger partial charge in [0, 0.05) is 18.2 Å². The van der Waals surface area contributed by atoms with E-state index in [2.05, 4.69) is 10.6 Å². The molecule has 1 fully saturated rings. The van der Waals surface area contributed by atoms with Crippen molar-refractivity contribution >= 4 is 23.6 Å². The van der Waals surface area contributed by atoms with Gasteiger partial charge >= 0.3 is 6.09 Å². The van der Waals surface area contributed by atoms with Crippen molar-refractivity contribution in [2.24, 2.45) is 5.92 Å². The minimum atomic E-state index is -0.879. The normalized spacial score (nSPS) is 17.9. The first-order chi connectivity index (χ1) is 15.3. The molecule has 1 aliphatic rings. The van der Waals surface area contributed by atoms with Crippen molar-refractivity contribution in [2.75, 3.05) is 11.9 Å². The van der Waals surface area contributed by atoms with Gasteiger partial charge in [-0.25, -0.2) is 9.18 Å². The van der Waals surface area contributed by atoms with Crippen LogP contribution in [0.5, 0.6) is 0 Å². The first kappa shape index (κ1) is 23.2. The van der Waals surface area contributed by atoms with E-state index in [1.165, 1.54) is 17.0 Å². The van der Waals surface area contributed by atoms with E-state index in [0.717, 1.165) is 6.42 Å². The molecule has 3 amide bonds. The Balaban J connectivity index is 1.84. The molecule has 2 aromatic rings. The van der Waals surface area contributed by atoms with Gasteiger partial charge in [-0.15, -0.1) is 0 Å². The van der Waals surface area contributed by atoms with E-state index >= 15 is 0 Å². The van der Waals surface area contributed by atoms with Crippen LogP contribution in [0.15, 0.2) is 48.5 Å². The highest BCUT2D eigenvalue weighted by molar-refractivity contribution is 5.92. The maximum Gasteiger partial charge on any atom is 0.411 e. The zero-order valence-electron chi connectivity index (χ0n) is 18.4. The van der Waals surface area contributed by atoms with Gasteiger partial charge in [-0.3, -0.25) is 14.5 Å². The smallest absolute Gasteiger partial charge is 0.411 e. The largest absolute Gasteiger partial charge is 0.438 e. The number of benzene rings is 2. The molecule has 0 aliphatic carbocycles. The number of ether oxygens (including phenoxy) is 1. The van der Waals surface area contributed by atoms with Gasteiger partial charge < -0.3 is 15.4 Å². The summed E-state index contributed by atoms with van der Waals surface area (Å²) in [5.74, 6) is -0.955. The standard InChI is InChI=1S/C24H28FN3O4/c1-4-13-26-23(30)20-21(17-7-11-19(12-8-17)27-22(29)15(2)3)32-24(31)28(20)14-16-5-9-18(25)10-6-16/h5-12,15,20-21H,4,13-14H2,1-3H3,(H,26,30)(H,27,29)/t20-,21-/m0/s1. The number of carbonyl (C=O) groups is 3. The molecular formula is C24H28FN3O4. The van der Waals surface area contributed by atoms with Crippen LogP contribution in [0, 0.1) is 11.7 Å². The maximum absolute atomic E-state index is 13.3. The van der Waals surface area contributed by atoms with Crippen molar-refractivity contribution in [3.63, 3.8) is 0 Å². The maximum atomic E-state index is 13.3. The van der Waals surface area contributed by atoms with Crippen LogP contribution < -0.4 is 10.6 Å². The molecule has 0 bridgehead atoms. The molecule has 3 rings (SSSR count). The van der Waals surface area contributed by atoms with Crippen molar-refractivity contribution in [3.8, 4) is 0 Å². The second-order valence-electron chi connectivity index (χ2n) is 8.06. The molecule has 170 valence electrons. The van der Waals surface area contributed by atoms with Gasteiger partial charge in [-0.05, 0) is 41.8 Å². The topological polar surface area (TPSA) is 87.7 Å². The minimum absolute atomic E-state index is 0.104. The number of carbonyl (C=O) groups excluding carboxylic acids is 3. The Morgan fingerprint density at radius 3 is 2.34 bits per heavy atom. The van der Waals surface area contributed by atoms with Gasteiger partial charge in [0.25, 0.3) is 0 Å². The van der Waals surface area contributed by atoms with E-state index in [1.54, 1.807) is 50.2 Å². The fraction of sp³-hybridized carbons (Fsp3) is 0.375. The molecule has 2 aromatic carbocycles. The Morgan fingerprint density at radius 2 is 1.75 bits per heavy atom. The molecule has 0 spiro atoms. The molecular weight excluding hydrogens is 413 g/mol. The summed E-state index contributed by atoms with van der Waals surface area (Å²) in [5, 5.41) is 5.65. The zero-order chi connectivity index (χ0) is 23.3. The van der Waals surface area contributed by atoms with Crippen LogP contribution in [-0.2, 0) is 20.9 Å². The number of anilines is 1. The van der Waals surface area contributed by atoms with Gasteiger partial charge in [0.2, 0.25) is 11.8 Å². The summed E-state index contributed by atoms with van der Waals surface area (Å²) in [4.78, 5) is 38.9. The molecule has 2 N–H and O–H groups in total. The molecule has 7 nitrogen and oxygen atoms in total. The van der Waals surface area contributed by atoms with Gasteiger partial charge in [0.15, 0.2) is 12.1 Å². The number of hydrogen-bond donors (Lipinski definition) is 2. The Morgan fingerprint density at radius 1 is 1.09 bits per heavy atom. The average molecular weight is 442 g/mol. The average Bonchev–Trinajstić information content (AvgIpc) is 3.10. The van der Waals surface area contributed by atoms with Gasteiger partial charge in [0.05, 0.1) is 6.54 Å². The van der Waals surface area contributed by atoms with Crippen LogP contribution in [0.2, 0.25) is 0 Å². The summed E-state index contributed by atoms with van der Waals surface area (Å²) in [6, 6.07) is 11.8. The van der Waals surface area contributed by atoms with Crippen LogP contribution in [0.4, 0.5) is 14.9 Å². The van der Waals surface area contributed by atoms with Crippen LogP contribution in [0.3, 0.4) is 0 Å². The molecule has 1 aliphatic heterocycles. The zero-order valence-corrected chi connectivity index (χ0v) is 18.4. The van der Waals surface area contributed by atoms with E-state index in [-0.39, 0.29) is 30.1 Å². The van der Waals surface area contributed by atoms with E-state index < -0.39 is 18.2 Å². The molecule has 0 unspecified atom stereocenters. The Labute approximate surface area is 186 Å². The lowest BCUT2D eigenvalue weighted by Gasteiger charge is -2.24. The predicted octanol–water partition coefficient (Wildman–Crippen LogP) is 4.01. The highest BCUT2D eigenvalue weighted by Gasteiger charge is 2.46. The molecule has 32 heavy (non-hydrogen) atoms. The number of rotatable bonds is 8. The third-order valence-electron chi connectivity index (χ3n) is 5.20. The monoisotopic (exact) mass is 441 g/mol. The number of cyclic esters (lactones) is 1. The Bertz CT molecular complexity index is 960. The number of nitrogens with one attached hydrogen (secondary N) is 2. The molecule has 1 saturated heterocycles. The molecule has 0 radical (unpaired) electrons. The minimum Gasteiger partial charge on any atom is -0.438 e. The predicted molar refractivity (Wildman–Crippen MR) is 118 cm³/mol. The number of amides is 3. The van der Waals surface area contributed by atoms with Crippen molar-refractivity contribution in [2.45, 2.75) is 45.9 Å². The third-order valence-corrected chi connectivity index (χ3v) is 5.20. The van der Waals surface area contributed by atoms with Gasteiger partial charge in [0.1, 0.15) is 5.82 Å². The first-order valence-corrected chi connectivity index (χ1v) is 10.7. The summed E-state index contributed by atoms with van der Waals surface area (Å²) in [6.45, 7) is 6.13. The van der Waals surface area contributed by atoms with E-state index in [0.29, 0.717) is 23.4 Å². The van der Waals surface area contributed by atoms with Gasteiger partial charge in [-0.1, -0.05) is 45.0 Å². The van der Waals surface area contributed by atoms with E-state index in [9.17, 15) is 18.8 Å². The lowest BCUT2D eigenvalue weighted by atomic mass is 10.00. The number of nitrogens with zero attached hydrogens (tertiary/aromatic N) is 1. The van der Waals surface area contributed by atoms with Crippen LogP contribution >= 0.6 is 0 Å². The van der Waals surface area contributed by atoms with E-state index in [1.807, 2.05) is 6.92 Å². The lowest BCUT2D eigenvalue weighted by molar-refractivity contribution is -0.126. The molecule has 2 atom stereocenters. The number of halogens is 1. The fourth-order valence-corrected chi connectivity index (χ4v) is 3.39. The Kier molecular flexibility index (Phi) is 7.45. The summed E-state index contributed by atoms with van der Waals surface area (Å²) < 4.78 is 18.9. The third kappa shape index (κ3) is 5.43. The number of hydrogen-bond acceptors (Lipinski definition) is 4. The molecule has 1 heterocycles. The Hall–Kier alpha value is -3.42. The summed E-state index contributed by atoms with van der Waals surface area (Å²) >= 11 is 0. The second-order valence-corrected chi connectivity index (χ2v) is 8.06. The van der Waals surface area contributed by atoms with Crippen molar-refractivity contribution in [3.05, 3.63) is 65.5 Å². The fourth-order valence-electron chi connectivity index (χ4n) is 3.39. The summed E-state index contributed by atoms with van der Waals surface area (Å²) in [5.41, 5.74) is 1.94. The molecule has 0 saturated carbocycles. The molecule has 0 aromatic heterocycles. The van der Waals surface area contributed by atoms with Crippen LogP contribution in [-0.4, -0.2) is 35.4 Å². The first-order valence-electron chi connectivity index (χ1n) is 10.7. The summed E-state index contributed by atoms with van der Waals surface area (Å²) in [6.07, 6.45) is -0.678.